The topological polar surface area (TPSA) is 32.8 Å². The van der Waals surface area contributed by atoms with Gasteiger partial charge in [0.05, 0.1) is 7.11 Å². The van der Waals surface area contributed by atoms with Gasteiger partial charge in [-0.15, -0.1) is 0 Å². The number of carbonyl (C=O) groups excluding carboxylic acids is 1. The summed E-state index contributed by atoms with van der Waals surface area (Å²) in [6.07, 6.45) is 0. The molecule has 2 unspecified atom stereocenters. The van der Waals surface area contributed by atoms with Crippen molar-refractivity contribution in [2.75, 3.05) is 33.3 Å². The smallest absolute Gasteiger partial charge is 0.219 e. The van der Waals surface area contributed by atoms with E-state index in [9.17, 15) is 4.79 Å². The summed E-state index contributed by atoms with van der Waals surface area (Å²) in [6, 6.07) is 19.1. The minimum Gasteiger partial charge on any atom is -0.497 e. The lowest BCUT2D eigenvalue weighted by atomic mass is 9.88. The van der Waals surface area contributed by atoms with Crippen molar-refractivity contribution in [2.45, 2.75) is 33.2 Å². The molecule has 29 heavy (non-hydrogen) atoms. The number of carbonyl (C=O) groups is 1. The van der Waals surface area contributed by atoms with Crippen molar-refractivity contribution in [3.8, 4) is 5.75 Å². The fourth-order valence-electron chi connectivity index (χ4n) is 4.42. The van der Waals surface area contributed by atoms with E-state index in [0.29, 0.717) is 17.8 Å². The summed E-state index contributed by atoms with van der Waals surface area (Å²) in [5.74, 6) is 2.34. The molecule has 1 fully saturated rings. The van der Waals surface area contributed by atoms with Crippen LogP contribution >= 0.6 is 0 Å². The van der Waals surface area contributed by atoms with Crippen LogP contribution in [0.1, 0.15) is 37.8 Å². The Balaban J connectivity index is 1.81. The molecule has 0 aliphatic carbocycles. The predicted molar refractivity (Wildman–Crippen MR) is 118 cm³/mol. The maximum absolute atomic E-state index is 12.3. The van der Waals surface area contributed by atoms with Crippen LogP contribution in [0.2, 0.25) is 0 Å². The molecule has 2 atom stereocenters. The first kappa shape index (κ1) is 21.4. The molecule has 0 bridgehead atoms. The van der Waals surface area contributed by atoms with Gasteiger partial charge in [-0.2, -0.15) is 0 Å². The molecule has 1 saturated heterocycles. The summed E-state index contributed by atoms with van der Waals surface area (Å²) in [5, 5.41) is 0. The number of ether oxygens (including phenoxy) is 1. The Kier molecular flexibility index (Phi) is 7.32. The zero-order chi connectivity index (χ0) is 20.8. The third-order valence-corrected chi connectivity index (χ3v) is 5.77. The van der Waals surface area contributed by atoms with Crippen LogP contribution in [-0.4, -0.2) is 49.0 Å². The molecule has 4 nitrogen and oxygen atoms in total. The Morgan fingerprint density at radius 3 is 2.55 bits per heavy atom. The molecule has 0 N–H and O–H groups in total. The molecule has 156 valence electrons. The summed E-state index contributed by atoms with van der Waals surface area (Å²) >= 11 is 0. The van der Waals surface area contributed by atoms with Crippen molar-refractivity contribution < 1.29 is 9.53 Å². The number of nitrogens with zero attached hydrogens (tertiary/aromatic N) is 2. The lowest BCUT2D eigenvalue weighted by molar-refractivity contribution is -0.130. The van der Waals surface area contributed by atoms with E-state index in [1.807, 2.05) is 11.0 Å². The lowest BCUT2D eigenvalue weighted by Gasteiger charge is -2.29. The second kappa shape index (κ2) is 9.93. The average Bonchev–Trinajstić information content (AvgIpc) is 3.10. The van der Waals surface area contributed by atoms with Crippen molar-refractivity contribution in [1.29, 1.82) is 0 Å². The van der Waals surface area contributed by atoms with Gasteiger partial charge in [-0.3, -0.25) is 9.69 Å². The molecule has 1 amide bonds. The Morgan fingerprint density at radius 1 is 1.14 bits per heavy atom. The number of likely N-dealkylation sites (tertiary alicyclic amines) is 1. The fraction of sp³-hybridized carbons (Fsp3) is 0.480. The van der Waals surface area contributed by atoms with Gasteiger partial charge in [0.25, 0.3) is 0 Å². The Labute approximate surface area is 175 Å². The van der Waals surface area contributed by atoms with E-state index in [-0.39, 0.29) is 5.91 Å². The molecule has 1 heterocycles. The van der Waals surface area contributed by atoms with E-state index < -0.39 is 0 Å². The highest BCUT2D eigenvalue weighted by molar-refractivity contribution is 5.73. The summed E-state index contributed by atoms with van der Waals surface area (Å²) in [6.45, 7) is 10.6. The van der Waals surface area contributed by atoms with Crippen LogP contribution in [-0.2, 0) is 11.3 Å². The zero-order valence-corrected chi connectivity index (χ0v) is 18.2. The number of hydrogen-bond donors (Lipinski definition) is 0. The van der Waals surface area contributed by atoms with Crippen LogP contribution in [0.4, 0.5) is 0 Å². The van der Waals surface area contributed by atoms with E-state index >= 15 is 0 Å². The summed E-state index contributed by atoms with van der Waals surface area (Å²) in [7, 11) is 1.72. The number of rotatable bonds is 8. The normalized spacial score (nSPS) is 19.5. The van der Waals surface area contributed by atoms with Gasteiger partial charge in [0.1, 0.15) is 5.75 Å². The highest BCUT2D eigenvalue weighted by atomic mass is 16.5. The minimum atomic E-state index is 0.171. The zero-order valence-electron chi connectivity index (χ0n) is 18.2. The summed E-state index contributed by atoms with van der Waals surface area (Å²) in [4.78, 5) is 16.8. The second-order valence-electron chi connectivity index (χ2n) is 8.64. The Bertz CT molecular complexity index is 790. The monoisotopic (exact) mass is 394 g/mol. The average molecular weight is 395 g/mol. The van der Waals surface area contributed by atoms with Crippen LogP contribution in [0.3, 0.4) is 0 Å². The summed E-state index contributed by atoms with van der Waals surface area (Å²) < 4.78 is 5.47. The first-order chi connectivity index (χ1) is 14.0. The molecule has 0 aromatic heterocycles. The first-order valence-corrected chi connectivity index (χ1v) is 10.6. The molecule has 0 spiro atoms. The molecule has 1 aliphatic heterocycles. The van der Waals surface area contributed by atoms with Crippen molar-refractivity contribution in [3.63, 3.8) is 0 Å². The van der Waals surface area contributed by atoms with Gasteiger partial charge < -0.3 is 9.64 Å². The van der Waals surface area contributed by atoms with Gasteiger partial charge in [-0.25, -0.2) is 0 Å². The highest BCUT2D eigenvalue weighted by Crippen LogP contribution is 2.35. The SMILES string of the molecule is COc1cccc(C2CN(Cc3ccccc3)CC2CN(CC(C)C)C(C)=O)c1. The molecule has 3 rings (SSSR count). The van der Waals surface area contributed by atoms with Gasteiger partial charge in [0.15, 0.2) is 0 Å². The molecule has 2 aromatic carbocycles. The number of methoxy groups -OCH3 is 1. The molecule has 0 radical (unpaired) electrons. The van der Waals surface area contributed by atoms with E-state index in [1.54, 1.807) is 14.0 Å². The minimum absolute atomic E-state index is 0.171. The van der Waals surface area contributed by atoms with Crippen molar-refractivity contribution in [2.24, 2.45) is 11.8 Å². The van der Waals surface area contributed by atoms with Gasteiger partial charge in [0, 0.05) is 45.6 Å². The Hall–Kier alpha value is -2.33. The van der Waals surface area contributed by atoms with Crippen molar-refractivity contribution in [3.05, 3.63) is 65.7 Å². The molecular weight excluding hydrogens is 360 g/mol. The van der Waals surface area contributed by atoms with Crippen LogP contribution in [0, 0.1) is 11.8 Å². The third kappa shape index (κ3) is 5.83. The van der Waals surface area contributed by atoms with Gasteiger partial charge in [0.2, 0.25) is 5.91 Å². The lowest BCUT2D eigenvalue weighted by Crippen LogP contribution is -2.38. The van der Waals surface area contributed by atoms with Gasteiger partial charge in [-0.1, -0.05) is 56.3 Å². The van der Waals surface area contributed by atoms with Crippen molar-refractivity contribution in [1.82, 2.24) is 9.80 Å². The second-order valence-corrected chi connectivity index (χ2v) is 8.64. The number of hydrogen-bond acceptors (Lipinski definition) is 3. The van der Waals surface area contributed by atoms with Gasteiger partial charge in [-0.05, 0) is 35.1 Å². The first-order valence-electron chi connectivity index (χ1n) is 10.6. The van der Waals surface area contributed by atoms with E-state index in [2.05, 4.69) is 67.3 Å². The van der Waals surface area contributed by atoms with Gasteiger partial charge >= 0.3 is 0 Å². The molecule has 2 aromatic rings. The predicted octanol–water partition coefficient (Wildman–Crippen LogP) is 4.42. The summed E-state index contributed by atoms with van der Waals surface area (Å²) in [5.41, 5.74) is 2.64. The molecule has 1 aliphatic rings. The fourth-order valence-corrected chi connectivity index (χ4v) is 4.42. The van der Waals surface area contributed by atoms with Crippen molar-refractivity contribution >= 4 is 5.91 Å². The highest BCUT2D eigenvalue weighted by Gasteiger charge is 2.35. The molecular formula is C25H34N2O2. The maximum Gasteiger partial charge on any atom is 0.219 e. The van der Waals surface area contributed by atoms with E-state index in [4.69, 9.17) is 4.74 Å². The third-order valence-electron chi connectivity index (χ3n) is 5.77. The molecule has 4 heteroatoms. The largest absolute Gasteiger partial charge is 0.497 e. The standard InChI is InChI=1S/C25H34N2O2/c1-19(2)14-27(20(3)28)17-23-16-26(15-21-9-6-5-7-10-21)18-25(23)22-11-8-12-24(13-22)29-4/h5-13,19,23,25H,14-18H2,1-4H3. The van der Waals surface area contributed by atoms with Crippen LogP contribution in [0.15, 0.2) is 54.6 Å². The molecule has 0 saturated carbocycles. The van der Waals surface area contributed by atoms with E-state index in [0.717, 1.165) is 38.5 Å². The maximum atomic E-state index is 12.3. The van der Waals surface area contributed by atoms with E-state index in [1.165, 1.54) is 11.1 Å². The number of amides is 1. The number of benzene rings is 2. The quantitative estimate of drug-likeness (QED) is 0.665. The van der Waals surface area contributed by atoms with Crippen LogP contribution < -0.4 is 4.74 Å². The van der Waals surface area contributed by atoms with Crippen LogP contribution in [0.5, 0.6) is 5.75 Å². The Morgan fingerprint density at radius 2 is 1.90 bits per heavy atom. The van der Waals surface area contributed by atoms with Crippen LogP contribution in [0.25, 0.3) is 0 Å².